The van der Waals surface area contributed by atoms with Crippen LogP contribution < -0.4 is 0 Å². The molecule has 5 nitrogen and oxygen atoms in total. The normalized spacial score (nSPS) is 25.4. The highest BCUT2D eigenvalue weighted by Gasteiger charge is 2.40. The molecular formula is C20H32N4O. The van der Waals surface area contributed by atoms with Gasteiger partial charge < -0.3 is 4.90 Å². The van der Waals surface area contributed by atoms with Crippen LogP contribution in [-0.2, 0) is 18.4 Å². The van der Waals surface area contributed by atoms with Crippen LogP contribution in [0.15, 0.2) is 24.4 Å². The summed E-state index contributed by atoms with van der Waals surface area (Å²) in [5.74, 6) is 0.614. The van der Waals surface area contributed by atoms with E-state index in [0.29, 0.717) is 5.92 Å². The van der Waals surface area contributed by atoms with Crippen LogP contribution in [-0.4, -0.2) is 51.7 Å². The average Bonchev–Trinajstić information content (AvgIpc) is 2.97. The summed E-state index contributed by atoms with van der Waals surface area (Å²) in [6, 6.07) is 2.11. The van der Waals surface area contributed by atoms with Gasteiger partial charge in [0.1, 0.15) is 0 Å². The fourth-order valence-corrected chi connectivity index (χ4v) is 4.34. The molecule has 25 heavy (non-hydrogen) atoms. The van der Waals surface area contributed by atoms with E-state index in [9.17, 15) is 4.79 Å². The number of carbonyl (C=O) groups is 1. The number of amides is 1. The lowest BCUT2D eigenvalue weighted by molar-refractivity contribution is -0.130. The Hall–Kier alpha value is -1.62. The van der Waals surface area contributed by atoms with Crippen molar-refractivity contribution >= 4 is 5.91 Å². The van der Waals surface area contributed by atoms with Crippen molar-refractivity contribution in [3.63, 3.8) is 0 Å². The van der Waals surface area contributed by atoms with E-state index < -0.39 is 0 Å². The van der Waals surface area contributed by atoms with E-state index in [0.717, 1.165) is 39.1 Å². The summed E-state index contributed by atoms with van der Waals surface area (Å²) >= 11 is 0. The van der Waals surface area contributed by atoms with Crippen molar-refractivity contribution in [1.82, 2.24) is 19.6 Å². The fourth-order valence-electron chi connectivity index (χ4n) is 4.34. The van der Waals surface area contributed by atoms with E-state index in [1.165, 1.54) is 25.0 Å². The molecule has 0 bridgehead atoms. The number of nitrogens with zero attached hydrogens (tertiary/aromatic N) is 4. The number of rotatable bonds is 4. The topological polar surface area (TPSA) is 41.4 Å². The Bertz CT molecular complexity index is 617. The van der Waals surface area contributed by atoms with Gasteiger partial charge in [-0.1, -0.05) is 19.9 Å². The summed E-state index contributed by atoms with van der Waals surface area (Å²) in [4.78, 5) is 17.2. The number of piperidine rings is 2. The summed E-state index contributed by atoms with van der Waals surface area (Å²) in [5.41, 5.74) is 1.54. The van der Waals surface area contributed by atoms with Crippen molar-refractivity contribution in [2.45, 2.75) is 46.1 Å². The van der Waals surface area contributed by atoms with Crippen molar-refractivity contribution in [3.05, 3.63) is 30.1 Å². The van der Waals surface area contributed by atoms with Gasteiger partial charge in [-0.15, -0.1) is 0 Å². The summed E-state index contributed by atoms with van der Waals surface area (Å²) < 4.78 is 1.97. The van der Waals surface area contributed by atoms with E-state index in [-0.39, 0.29) is 11.3 Å². The number of hydrogen-bond donors (Lipinski definition) is 0. The van der Waals surface area contributed by atoms with Crippen LogP contribution in [0.2, 0.25) is 0 Å². The number of likely N-dealkylation sites (tertiary alicyclic amines) is 2. The first-order valence-electron chi connectivity index (χ1n) is 9.64. The van der Waals surface area contributed by atoms with Crippen molar-refractivity contribution in [3.8, 4) is 0 Å². The Morgan fingerprint density at radius 3 is 2.72 bits per heavy atom. The molecule has 1 amide bonds. The molecule has 1 aromatic rings. The van der Waals surface area contributed by atoms with E-state index in [2.05, 4.69) is 34.8 Å². The highest BCUT2D eigenvalue weighted by Crippen LogP contribution is 2.39. The first-order chi connectivity index (χ1) is 12.0. The molecule has 2 fully saturated rings. The van der Waals surface area contributed by atoms with Gasteiger partial charge in [-0.25, -0.2) is 0 Å². The molecule has 138 valence electrons. The standard InChI is InChI=1S/C20H32N4O/c1-17(2)6-7-19(25)24-13-5-10-20(16-24)9-4-12-23(15-20)14-18-8-11-21-22(18)3/h6-8,11,17H,4-5,9-10,12-16H2,1-3H3/b7-6+. The van der Waals surface area contributed by atoms with Gasteiger partial charge in [-0.3, -0.25) is 14.4 Å². The third-order valence-corrected chi connectivity index (χ3v) is 5.65. The Labute approximate surface area is 151 Å². The van der Waals surface area contributed by atoms with Gasteiger partial charge in [0.2, 0.25) is 5.91 Å². The third-order valence-electron chi connectivity index (χ3n) is 5.65. The lowest BCUT2D eigenvalue weighted by atomic mass is 9.73. The second-order valence-electron chi connectivity index (χ2n) is 8.23. The van der Waals surface area contributed by atoms with Crippen molar-refractivity contribution in [2.24, 2.45) is 18.4 Å². The van der Waals surface area contributed by atoms with E-state index >= 15 is 0 Å². The molecule has 0 radical (unpaired) electrons. The molecule has 3 heterocycles. The minimum Gasteiger partial charge on any atom is -0.339 e. The monoisotopic (exact) mass is 344 g/mol. The molecule has 1 unspecified atom stereocenters. The predicted octanol–water partition coefficient (Wildman–Crippen LogP) is 2.84. The molecule has 2 aliphatic rings. The molecule has 0 saturated carbocycles. The van der Waals surface area contributed by atoms with Crippen LogP contribution in [0, 0.1) is 11.3 Å². The fraction of sp³-hybridized carbons (Fsp3) is 0.700. The van der Waals surface area contributed by atoms with E-state index in [4.69, 9.17) is 0 Å². The zero-order valence-electron chi connectivity index (χ0n) is 15.9. The first kappa shape index (κ1) is 18.2. The molecule has 0 N–H and O–H groups in total. The maximum atomic E-state index is 12.5. The second kappa shape index (κ2) is 7.73. The van der Waals surface area contributed by atoms with Gasteiger partial charge in [0, 0.05) is 44.8 Å². The van der Waals surface area contributed by atoms with E-state index in [1.807, 2.05) is 24.0 Å². The minimum atomic E-state index is 0.191. The van der Waals surface area contributed by atoms with E-state index in [1.54, 1.807) is 6.08 Å². The summed E-state index contributed by atoms with van der Waals surface area (Å²) in [7, 11) is 2.01. The van der Waals surface area contributed by atoms with Crippen LogP contribution in [0.1, 0.15) is 45.2 Å². The van der Waals surface area contributed by atoms with Gasteiger partial charge in [-0.05, 0) is 50.3 Å². The quantitative estimate of drug-likeness (QED) is 0.789. The van der Waals surface area contributed by atoms with Crippen LogP contribution >= 0.6 is 0 Å². The van der Waals surface area contributed by atoms with Crippen molar-refractivity contribution < 1.29 is 4.79 Å². The number of aryl methyl sites for hydroxylation is 1. The zero-order valence-corrected chi connectivity index (χ0v) is 15.9. The SMILES string of the molecule is CC(C)/C=C/C(=O)N1CCCC2(CCCN(Cc3ccnn3C)C2)C1. The summed E-state index contributed by atoms with van der Waals surface area (Å²) in [6.07, 6.45) is 10.5. The second-order valence-corrected chi connectivity index (χ2v) is 8.23. The van der Waals surface area contributed by atoms with Gasteiger partial charge in [0.15, 0.2) is 0 Å². The Morgan fingerprint density at radius 2 is 2.04 bits per heavy atom. The molecular weight excluding hydrogens is 312 g/mol. The maximum absolute atomic E-state index is 12.5. The predicted molar refractivity (Wildman–Crippen MR) is 99.9 cm³/mol. The Balaban J connectivity index is 1.64. The Morgan fingerprint density at radius 1 is 1.28 bits per heavy atom. The molecule has 2 saturated heterocycles. The Kier molecular flexibility index (Phi) is 5.62. The zero-order chi connectivity index (χ0) is 17.9. The smallest absolute Gasteiger partial charge is 0.246 e. The van der Waals surface area contributed by atoms with Gasteiger partial charge in [0.05, 0.1) is 5.69 Å². The van der Waals surface area contributed by atoms with Crippen LogP contribution in [0.25, 0.3) is 0 Å². The summed E-state index contributed by atoms with van der Waals surface area (Å²) in [6.45, 7) is 9.24. The minimum absolute atomic E-state index is 0.191. The van der Waals surface area contributed by atoms with Gasteiger partial charge >= 0.3 is 0 Å². The number of hydrogen-bond acceptors (Lipinski definition) is 3. The highest BCUT2D eigenvalue weighted by molar-refractivity contribution is 5.87. The van der Waals surface area contributed by atoms with Gasteiger partial charge in [0.25, 0.3) is 0 Å². The molecule has 1 spiro atoms. The molecule has 3 rings (SSSR count). The third kappa shape index (κ3) is 4.51. The number of aromatic nitrogens is 2. The summed E-state index contributed by atoms with van der Waals surface area (Å²) in [5, 5.41) is 4.29. The van der Waals surface area contributed by atoms with Crippen LogP contribution in [0.5, 0.6) is 0 Å². The van der Waals surface area contributed by atoms with Crippen molar-refractivity contribution in [1.29, 1.82) is 0 Å². The molecule has 2 aliphatic heterocycles. The van der Waals surface area contributed by atoms with Crippen LogP contribution in [0.4, 0.5) is 0 Å². The first-order valence-corrected chi connectivity index (χ1v) is 9.64. The molecule has 0 aromatic carbocycles. The number of allylic oxidation sites excluding steroid dienone is 1. The van der Waals surface area contributed by atoms with Gasteiger partial charge in [-0.2, -0.15) is 5.10 Å². The molecule has 1 aromatic heterocycles. The molecule has 5 heteroatoms. The highest BCUT2D eigenvalue weighted by atomic mass is 16.2. The lowest BCUT2D eigenvalue weighted by Crippen LogP contribution is -2.53. The molecule has 1 atom stereocenters. The number of carbonyl (C=O) groups excluding carboxylic acids is 1. The van der Waals surface area contributed by atoms with Crippen LogP contribution in [0.3, 0.4) is 0 Å². The maximum Gasteiger partial charge on any atom is 0.246 e. The lowest BCUT2D eigenvalue weighted by Gasteiger charge is -2.48. The average molecular weight is 345 g/mol. The van der Waals surface area contributed by atoms with Crippen molar-refractivity contribution in [2.75, 3.05) is 26.2 Å². The molecule has 0 aliphatic carbocycles. The largest absolute Gasteiger partial charge is 0.339 e.